The quantitative estimate of drug-likeness (QED) is 0.708. The highest BCUT2D eigenvalue weighted by atomic mass is 32.1. The van der Waals surface area contributed by atoms with Crippen molar-refractivity contribution in [3.8, 4) is 0 Å². The molecular formula is C9H13NO3S. The maximum absolute atomic E-state index is 11.2. The molecule has 0 saturated carbocycles. The molecule has 0 amide bonds. The molecule has 5 heteroatoms. The number of carbonyl (C=O) groups excluding carboxylic acids is 1. The van der Waals surface area contributed by atoms with Crippen LogP contribution in [0.15, 0.2) is 10.2 Å². The van der Waals surface area contributed by atoms with Crippen LogP contribution in [-0.4, -0.2) is 17.1 Å². The third-order valence-electron chi connectivity index (χ3n) is 1.73. The summed E-state index contributed by atoms with van der Waals surface area (Å²) >= 11 is 1.10. The molecule has 0 saturated heterocycles. The Bertz CT molecular complexity index is 366. The van der Waals surface area contributed by atoms with Gasteiger partial charge >= 0.3 is 10.8 Å². The van der Waals surface area contributed by atoms with Crippen LogP contribution in [0.4, 0.5) is 0 Å². The van der Waals surface area contributed by atoms with Gasteiger partial charge in [0.25, 0.3) is 0 Å². The molecule has 0 aliphatic rings. The maximum Gasteiger partial charge on any atom is 0.326 e. The van der Waals surface area contributed by atoms with E-state index < -0.39 is 0 Å². The molecule has 0 aliphatic carbocycles. The molecule has 1 heterocycles. The highest BCUT2D eigenvalue weighted by molar-refractivity contribution is 7.07. The van der Waals surface area contributed by atoms with Crippen molar-refractivity contribution >= 4 is 17.3 Å². The fourth-order valence-electron chi connectivity index (χ4n) is 0.987. The van der Waals surface area contributed by atoms with E-state index in [-0.39, 0.29) is 17.4 Å². The number of esters is 1. The molecule has 0 fully saturated rings. The van der Waals surface area contributed by atoms with E-state index in [1.54, 1.807) is 12.3 Å². The van der Waals surface area contributed by atoms with E-state index in [0.717, 1.165) is 23.5 Å². The van der Waals surface area contributed by atoms with E-state index in [9.17, 15) is 9.59 Å². The molecule has 0 N–H and O–H groups in total. The number of ether oxygens (including phenoxy) is 1. The van der Waals surface area contributed by atoms with Crippen LogP contribution in [-0.2, 0) is 16.1 Å². The largest absolute Gasteiger partial charge is 0.464 e. The van der Waals surface area contributed by atoms with Gasteiger partial charge in [0.1, 0.15) is 6.54 Å². The van der Waals surface area contributed by atoms with Crippen molar-refractivity contribution in [2.45, 2.75) is 26.8 Å². The third kappa shape index (κ3) is 2.70. The van der Waals surface area contributed by atoms with Crippen LogP contribution in [0.25, 0.3) is 0 Å². The zero-order chi connectivity index (χ0) is 10.6. The number of carbonyl (C=O) groups is 1. The second-order valence-electron chi connectivity index (χ2n) is 2.95. The molecular weight excluding hydrogens is 202 g/mol. The Kier molecular flexibility index (Phi) is 3.88. The zero-order valence-electron chi connectivity index (χ0n) is 8.28. The number of hydrogen-bond donors (Lipinski definition) is 0. The van der Waals surface area contributed by atoms with E-state index in [2.05, 4.69) is 0 Å². The van der Waals surface area contributed by atoms with Gasteiger partial charge in [-0.25, -0.2) is 0 Å². The topological polar surface area (TPSA) is 48.3 Å². The lowest BCUT2D eigenvalue weighted by Gasteiger charge is -2.04. The molecule has 0 aromatic carbocycles. The molecule has 0 bridgehead atoms. The molecule has 1 aromatic rings. The summed E-state index contributed by atoms with van der Waals surface area (Å²) < 4.78 is 6.30. The highest BCUT2D eigenvalue weighted by Crippen LogP contribution is 1.99. The lowest BCUT2D eigenvalue weighted by atomic mass is 10.5. The van der Waals surface area contributed by atoms with Crippen LogP contribution < -0.4 is 4.87 Å². The number of rotatable bonds is 4. The Labute approximate surface area is 86.1 Å². The van der Waals surface area contributed by atoms with Crippen molar-refractivity contribution in [1.82, 2.24) is 4.57 Å². The van der Waals surface area contributed by atoms with E-state index in [4.69, 9.17) is 4.74 Å². The van der Waals surface area contributed by atoms with Gasteiger partial charge < -0.3 is 4.74 Å². The second-order valence-corrected chi connectivity index (χ2v) is 3.77. The smallest absolute Gasteiger partial charge is 0.326 e. The molecule has 0 unspecified atom stereocenters. The predicted octanol–water partition coefficient (Wildman–Crippen LogP) is 1.17. The Morgan fingerprint density at radius 2 is 2.36 bits per heavy atom. The fourth-order valence-corrected chi connectivity index (χ4v) is 1.72. The molecule has 14 heavy (non-hydrogen) atoms. The molecule has 0 spiro atoms. The molecule has 0 aliphatic heterocycles. The minimum atomic E-state index is -0.351. The molecule has 0 radical (unpaired) electrons. The molecule has 78 valence electrons. The Balaban J connectivity index is 2.60. The summed E-state index contributed by atoms with van der Waals surface area (Å²) in [5.74, 6) is -0.351. The first kappa shape index (κ1) is 11.0. The monoisotopic (exact) mass is 215 g/mol. The summed E-state index contributed by atoms with van der Waals surface area (Å²) in [6.07, 6.45) is 0.795. The lowest BCUT2D eigenvalue weighted by molar-refractivity contribution is -0.144. The predicted molar refractivity (Wildman–Crippen MR) is 54.6 cm³/mol. The fraction of sp³-hybridized carbons (Fsp3) is 0.556. The summed E-state index contributed by atoms with van der Waals surface area (Å²) in [7, 11) is 0. The van der Waals surface area contributed by atoms with Gasteiger partial charge in [-0.3, -0.25) is 14.2 Å². The van der Waals surface area contributed by atoms with Crippen molar-refractivity contribution in [2.75, 3.05) is 6.61 Å². The van der Waals surface area contributed by atoms with E-state index in [1.807, 2.05) is 6.92 Å². The summed E-state index contributed by atoms with van der Waals surface area (Å²) in [6, 6.07) is 0. The normalized spacial score (nSPS) is 10.1. The van der Waals surface area contributed by atoms with Gasteiger partial charge in [-0.05, 0) is 13.3 Å². The van der Waals surface area contributed by atoms with E-state index >= 15 is 0 Å². The van der Waals surface area contributed by atoms with Gasteiger partial charge in [0.05, 0.1) is 6.61 Å². The SMILES string of the molecule is CCCOC(=O)Cn1c(C)csc1=O. The van der Waals surface area contributed by atoms with Gasteiger partial charge in [0, 0.05) is 11.1 Å². The van der Waals surface area contributed by atoms with Crippen LogP contribution in [0.2, 0.25) is 0 Å². The number of nitrogens with zero attached hydrogens (tertiary/aromatic N) is 1. The molecule has 0 atom stereocenters. The zero-order valence-corrected chi connectivity index (χ0v) is 9.10. The van der Waals surface area contributed by atoms with E-state index in [1.165, 1.54) is 4.57 Å². The van der Waals surface area contributed by atoms with Crippen LogP contribution in [0.5, 0.6) is 0 Å². The Morgan fingerprint density at radius 1 is 1.64 bits per heavy atom. The van der Waals surface area contributed by atoms with Crippen LogP contribution in [0, 0.1) is 6.92 Å². The molecule has 4 nitrogen and oxygen atoms in total. The van der Waals surface area contributed by atoms with E-state index in [0.29, 0.717) is 6.61 Å². The van der Waals surface area contributed by atoms with Crippen molar-refractivity contribution < 1.29 is 9.53 Å². The summed E-state index contributed by atoms with van der Waals surface area (Å²) in [6.45, 7) is 4.16. The summed E-state index contributed by atoms with van der Waals surface area (Å²) in [4.78, 5) is 22.3. The minimum Gasteiger partial charge on any atom is -0.464 e. The average Bonchev–Trinajstić information content (AvgIpc) is 2.46. The van der Waals surface area contributed by atoms with Crippen molar-refractivity contribution in [3.63, 3.8) is 0 Å². The Morgan fingerprint density at radius 3 is 2.86 bits per heavy atom. The molecule has 1 rings (SSSR count). The first-order chi connectivity index (χ1) is 6.65. The highest BCUT2D eigenvalue weighted by Gasteiger charge is 2.08. The van der Waals surface area contributed by atoms with Crippen LogP contribution in [0.1, 0.15) is 19.0 Å². The summed E-state index contributed by atoms with van der Waals surface area (Å²) in [5, 5.41) is 1.73. The van der Waals surface area contributed by atoms with Crippen molar-refractivity contribution in [1.29, 1.82) is 0 Å². The minimum absolute atomic E-state index is 0.0220. The van der Waals surface area contributed by atoms with Gasteiger partial charge in [0.15, 0.2) is 0 Å². The number of thiazole rings is 1. The number of hydrogen-bond acceptors (Lipinski definition) is 4. The van der Waals surface area contributed by atoms with Crippen molar-refractivity contribution in [3.05, 3.63) is 20.7 Å². The number of aryl methyl sites for hydroxylation is 1. The number of aromatic nitrogens is 1. The maximum atomic E-state index is 11.2. The van der Waals surface area contributed by atoms with Gasteiger partial charge in [-0.15, -0.1) is 0 Å². The van der Waals surface area contributed by atoms with Crippen LogP contribution in [0.3, 0.4) is 0 Å². The first-order valence-electron chi connectivity index (χ1n) is 4.45. The summed E-state index contributed by atoms with van der Waals surface area (Å²) in [5.41, 5.74) is 0.799. The van der Waals surface area contributed by atoms with Crippen LogP contribution >= 0.6 is 11.3 Å². The van der Waals surface area contributed by atoms with Gasteiger partial charge in [-0.2, -0.15) is 0 Å². The average molecular weight is 215 g/mol. The van der Waals surface area contributed by atoms with Gasteiger partial charge in [0.2, 0.25) is 0 Å². The lowest BCUT2D eigenvalue weighted by Crippen LogP contribution is -2.22. The van der Waals surface area contributed by atoms with Crippen molar-refractivity contribution in [2.24, 2.45) is 0 Å². The Hall–Kier alpha value is -1.10. The second kappa shape index (κ2) is 4.95. The third-order valence-corrected chi connectivity index (χ3v) is 2.61. The van der Waals surface area contributed by atoms with Gasteiger partial charge in [-0.1, -0.05) is 18.3 Å². The molecule has 1 aromatic heterocycles. The first-order valence-corrected chi connectivity index (χ1v) is 5.33. The standard InChI is InChI=1S/C9H13NO3S/c1-3-4-13-8(11)5-10-7(2)6-14-9(10)12/h6H,3-5H2,1-2H3.